The summed E-state index contributed by atoms with van der Waals surface area (Å²) in [6, 6.07) is 0.392. The largest absolute Gasteiger partial charge is 0.381 e. The van der Waals surface area contributed by atoms with Crippen LogP contribution in [0.5, 0.6) is 0 Å². The number of hydrogen-bond acceptors (Lipinski definition) is 3. The highest BCUT2D eigenvalue weighted by Crippen LogP contribution is 2.18. The van der Waals surface area contributed by atoms with Gasteiger partial charge in [0.15, 0.2) is 5.96 Å². The lowest BCUT2D eigenvalue weighted by Crippen LogP contribution is -2.39. The van der Waals surface area contributed by atoms with Crippen LogP contribution in [0.3, 0.4) is 0 Å². The van der Waals surface area contributed by atoms with Crippen LogP contribution in [0, 0.1) is 0 Å². The Morgan fingerprint density at radius 1 is 1.19 bits per heavy atom. The van der Waals surface area contributed by atoms with Gasteiger partial charge in [-0.2, -0.15) is 0 Å². The van der Waals surface area contributed by atoms with Crippen LogP contribution in [0.1, 0.15) is 46.0 Å². The molecule has 0 spiro atoms. The highest BCUT2D eigenvalue weighted by Gasteiger charge is 2.22. The number of carbonyl (C=O) groups excluding carboxylic acids is 1. The van der Waals surface area contributed by atoms with Crippen LogP contribution in [0.25, 0.3) is 0 Å². The van der Waals surface area contributed by atoms with Crippen LogP contribution in [0.2, 0.25) is 0 Å². The first-order valence-corrected chi connectivity index (χ1v) is 8.15. The van der Waals surface area contributed by atoms with Crippen LogP contribution in [-0.2, 0) is 9.53 Å². The maximum atomic E-state index is 11.6. The van der Waals surface area contributed by atoms with Gasteiger partial charge in [0.05, 0.1) is 0 Å². The van der Waals surface area contributed by atoms with E-state index in [-0.39, 0.29) is 12.5 Å². The van der Waals surface area contributed by atoms with Crippen molar-refractivity contribution >= 4 is 11.9 Å². The Labute approximate surface area is 128 Å². The van der Waals surface area contributed by atoms with Crippen LogP contribution < -0.4 is 16.0 Å². The highest BCUT2D eigenvalue weighted by molar-refractivity contribution is 5.85. The molecule has 1 aliphatic rings. The molecule has 0 saturated heterocycles. The third-order valence-corrected chi connectivity index (χ3v) is 3.07. The van der Waals surface area contributed by atoms with Crippen LogP contribution in [0.15, 0.2) is 4.99 Å². The van der Waals surface area contributed by atoms with Crippen molar-refractivity contribution in [3.8, 4) is 0 Å². The van der Waals surface area contributed by atoms with Crippen molar-refractivity contribution in [2.24, 2.45) is 4.99 Å². The Hall–Kier alpha value is -1.30. The minimum atomic E-state index is -0.00222. The Morgan fingerprint density at radius 2 is 1.95 bits per heavy atom. The number of hydrogen-bond donors (Lipinski definition) is 3. The molecular weight excluding hydrogens is 268 g/mol. The van der Waals surface area contributed by atoms with Crippen LogP contribution >= 0.6 is 0 Å². The van der Waals surface area contributed by atoms with E-state index >= 15 is 0 Å². The predicted molar refractivity (Wildman–Crippen MR) is 85.5 cm³/mol. The molecule has 0 heterocycles. The minimum absolute atomic E-state index is 0.00222. The fourth-order valence-corrected chi connectivity index (χ4v) is 1.72. The normalized spacial score (nSPS) is 14.9. The second-order valence-corrected chi connectivity index (χ2v) is 5.28. The Morgan fingerprint density at radius 3 is 2.62 bits per heavy atom. The molecule has 0 radical (unpaired) electrons. The standard InChI is InChI=1S/C15H30N4O2/c1-3-5-10-21-11-6-9-17-15(16-4-2)18-12-14(20)19-13-7-8-13/h13H,3-12H2,1-2H3,(H,19,20)(H2,16,17,18). The van der Waals surface area contributed by atoms with E-state index in [1.54, 1.807) is 0 Å². The molecule has 0 aromatic heterocycles. The molecule has 1 fully saturated rings. The van der Waals surface area contributed by atoms with Crippen LogP contribution in [0.4, 0.5) is 0 Å². The summed E-state index contributed by atoms with van der Waals surface area (Å²) in [4.78, 5) is 15.9. The number of aliphatic imine (C=N–C) groups is 1. The van der Waals surface area contributed by atoms with E-state index in [9.17, 15) is 4.79 Å². The van der Waals surface area contributed by atoms with E-state index in [0.717, 1.165) is 52.0 Å². The lowest BCUT2D eigenvalue weighted by Gasteiger charge is -2.11. The van der Waals surface area contributed by atoms with Gasteiger partial charge >= 0.3 is 0 Å². The highest BCUT2D eigenvalue weighted by atomic mass is 16.5. The van der Waals surface area contributed by atoms with Crippen molar-refractivity contribution in [1.29, 1.82) is 0 Å². The summed E-state index contributed by atoms with van der Waals surface area (Å²) in [6.45, 7) is 7.52. The van der Waals surface area contributed by atoms with Gasteiger partial charge in [0.25, 0.3) is 0 Å². The number of amides is 1. The molecule has 0 atom stereocenters. The van der Waals surface area contributed by atoms with Gasteiger partial charge in [-0.15, -0.1) is 0 Å². The Balaban J connectivity index is 2.11. The maximum Gasteiger partial charge on any atom is 0.242 e. The zero-order valence-corrected chi connectivity index (χ0v) is 13.4. The van der Waals surface area contributed by atoms with Crippen LogP contribution in [-0.4, -0.2) is 50.8 Å². The third-order valence-electron chi connectivity index (χ3n) is 3.07. The number of carbonyl (C=O) groups is 1. The molecular formula is C15H30N4O2. The number of nitrogens with one attached hydrogen (secondary N) is 3. The molecule has 1 saturated carbocycles. The summed E-state index contributed by atoms with van der Waals surface area (Å²) >= 11 is 0. The first-order chi connectivity index (χ1) is 10.3. The first-order valence-electron chi connectivity index (χ1n) is 8.15. The van der Waals surface area contributed by atoms with Gasteiger partial charge in [-0.1, -0.05) is 13.3 Å². The Kier molecular flexibility index (Phi) is 9.61. The number of rotatable bonds is 11. The maximum absolute atomic E-state index is 11.6. The van der Waals surface area contributed by atoms with Crippen molar-refractivity contribution in [1.82, 2.24) is 16.0 Å². The molecule has 3 N–H and O–H groups in total. The van der Waals surface area contributed by atoms with E-state index in [1.165, 1.54) is 6.42 Å². The third kappa shape index (κ3) is 10.1. The quantitative estimate of drug-likeness (QED) is 0.302. The number of nitrogens with zero attached hydrogens (tertiary/aromatic N) is 1. The van der Waals surface area contributed by atoms with E-state index in [1.807, 2.05) is 6.92 Å². The number of unbranched alkanes of at least 4 members (excludes halogenated alkanes) is 1. The Bertz CT molecular complexity index is 317. The molecule has 0 aromatic carbocycles. The monoisotopic (exact) mass is 298 g/mol. The molecule has 1 aliphatic carbocycles. The first kappa shape index (κ1) is 17.8. The molecule has 6 heteroatoms. The van der Waals surface area contributed by atoms with Crippen molar-refractivity contribution in [3.63, 3.8) is 0 Å². The summed E-state index contributed by atoms with van der Waals surface area (Å²) in [7, 11) is 0. The topological polar surface area (TPSA) is 74.8 Å². The van der Waals surface area contributed by atoms with Crippen molar-refractivity contribution in [2.45, 2.75) is 52.0 Å². The number of ether oxygens (including phenoxy) is 1. The second kappa shape index (κ2) is 11.4. The summed E-state index contributed by atoms with van der Waals surface area (Å²) in [5.74, 6) is 0.689. The molecule has 0 unspecified atom stereocenters. The van der Waals surface area contributed by atoms with E-state index < -0.39 is 0 Å². The molecule has 21 heavy (non-hydrogen) atoms. The van der Waals surface area contributed by atoms with Gasteiger partial charge in [-0.05, 0) is 32.6 Å². The average Bonchev–Trinajstić information content (AvgIpc) is 3.27. The summed E-state index contributed by atoms with van der Waals surface area (Å²) in [5.41, 5.74) is 0. The zero-order valence-electron chi connectivity index (χ0n) is 13.4. The second-order valence-electron chi connectivity index (χ2n) is 5.28. The van der Waals surface area contributed by atoms with Gasteiger partial charge < -0.3 is 20.7 Å². The SMILES string of the molecule is CCCCOCCCNC(=NCC(=O)NC1CC1)NCC. The van der Waals surface area contributed by atoms with E-state index in [4.69, 9.17) is 4.74 Å². The minimum Gasteiger partial charge on any atom is -0.381 e. The summed E-state index contributed by atoms with van der Waals surface area (Å²) in [5, 5.41) is 9.28. The summed E-state index contributed by atoms with van der Waals surface area (Å²) in [6.07, 6.45) is 5.42. The molecule has 0 aliphatic heterocycles. The molecule has 1 amide bonds. The van der Waals surface area contributed by atoms with Gasteiger partial charge in [0.1, 0.15) is 6.54 Å². The van der Waals surface area contributed by atoms with Gasteiger partial charge in [0, 0.05) is 32.3 Å². The zero-order chi connectivity index (χ0) is 15.3. The van der Waals surface area contributed by atoms with Crippen molar-refractivity contribution in [2.75, 3.05) is 32.8 Å². The lowest BCUT2D eigenvalue weighted by atomic mass is 10.4. The van der Waals surface area contributed by atoms with E-state index in [0.29, 0.717) is 12.0 Å². The molecule has 122 valence electrons. The fourth-order valence-electron chi connectivity index (χ4n) is 1.72. The average molecular weight is 298 g/mol. The predicted octanol–water partition coefficient (Wildman–Crippen LogP) is 1.03. The molecule has 1 rings (SSSR count). The molecule has 0 bridgehead atoms. The van der Waals surface area contributed by atoms with Gasteiger partial charge in [-0.25, -0.2) is 4.99 Å². The lowest BCUT2D eigenvalue weighted by molar-refractivity contribution is -0.119. The number of guanidine groups is 1. The van der Waals surface area contributed by atoms with Gasteiger partial charge in [0.2, 0.25) is 5.91 Å². The summed E-state index contributed by atoms with van der Waals surface area (Å²) < 4.78 is 5.50. The molecule has 0 aromatic rings. The van der Waals surface area contributed by atoms with Gasteiger partial charge in [-0.3, -0.25) is 4.79 Å². The fraction of sp³-hybridized carbons (Fsp3) is 0.867. The molecule has 6 nitrogen and oxygen atoms in total. The van der Waals surface area contributed by atoms with Crippen molar-refractivity contribution < 1.29 is 9.53 Å². The van der Waals surface area contributed by atoms with Crippen molar-refractivity contribution in [3.05, 3.63) is 0 Å². The smallest absolute Gasteiger partial charge is 0.242 e. The van der Waals surface area contributed by atoms with E-state index in [2.05, 4.69) is 27.9 Å².